The first-order chi connectivity index (χ1) is 12.6. The van der Waals surface area contributed by atoms with Crippen molar-refractivity contribution in [2.75, 3.05) is 38.8 Å². The Morgan fingerprint density at radius 3 is 2.46 bits per heavy atom. The minimum atomic E-state index is -0.130. The van der Waals surface area contributed by atoms with Crippen molar-refractivity contribution < 1.29 is 18.7 Å². The van der Waals surface area contributed by atoms with Gasteiger partial charge in [-0.2, -0.15) is 0 Å². The summed E-state index contributed by atoms with van der Waals surface area (Å²) >= 11 is 0. The molecule has 7 nitrogen and oxygen atoms in total. The van der Waals surface area contributed by atoms with E-state index in [1.54, 1.807) is 20.3 Å². The second kappa shape index (κ2) is 11.0. The van der Waals surface area contributed by atoms with Crippen LogP contribution in [0.25, 0.3) is 0 Å². The molecule has 3 rings (SSSR count). The normalized spacial score (nSPS) is 15.4. The van der Waals surface area contributed by atoms with Crippen molar-refractivity contribution in [1.29, 1.82) is 0 Å². The predicted octanol–water partition coefficient (Wildman–Crippen LogP) is 2.86. The molecule has 156 valence electrons. The number of ether oxygens (including phenoxy) is 2. The van der Waals surface area contributed by atoms with Gasteiger partial charge in [0.15, 0.2) is 0 Å². The highest BCUT2D eigenvalue weighted by molar-refractivity contribution is 5.93. The number of hydrogen-bond acceptors (Lipinski definition) is 6. The van der Waals surface area contributed by atoms with Gasteiger partial charge in [-0.1, -0.05) is 0 Å². The lowest BCUT2D eigenvalue weighted by atomic mass is 10.1. The van der Waals surface area contributed by atoms with Crippen LogP contribution in [0.2, 0.25) is 0 Å². The number of amides is 1. The monoisotopic (exact) mass is 431 g/mol. The quantitative estimate of drug-likeness (QED) is 0.700. The van der Waals surface area contributed by atoms with Crippen LogP contribution in [0.5, 0.6) is 11.5 Å². The highest BCUT2D eigenvalue weighted by atomic mass is 35.5. The molecule has 0 radical (unpaired) electrons. The summed E-state index contributed by atoms with van der Waals surface area (Å²) in [5, 5.41) is 2.98. The third kappa shape index (κ3) is 5.70. The van der Waals surface area contributed by atoms with Gasteiger partial charge in [0.1, 0.15) is 23.5 Å². The lowest BCUT2D eigenvalue weighted by Crippen LogP contribution is -2.30. The minimum Gasteiger partial charge on any atom is -0.497 e. The van der Waals surface area contributed by atoms with E-state index in [2.05, 4.69) is 10.2 Å². The van der Waals surface area contributed by atoms with E-state index >= 15 is 0 Å². The lowest BCUT2D eigenvalue weighted by Gasteiger charge is -2.20. The molecule has 1 aliphatic heterocycles. The van der Waals surface area contributed by atoms with Crippen LogP contribution >= 0.6 is 24.8 Å². The third-order valence-electron chi connectivity index (χ3n) is 4.66. The van der Waals surface area contributed by atoms with Gasteiger partial charge in [-0.3, -0.25) is 4.79 Å². The van der Waals surface area contributed by atoms with E-state index in [1.165, 1.54) is 6.26 Å². The molecule has 2 heterocycles. The molecule has 1 amide bonds. The van der Waals surface area contributed by atoms with Crippen molar-refractivity contribution in [3.63, 3.8) is 0 Å². The van der Waals surface area contributed by atoms with Crippen LogP contribution < -0.4 is 25.4 Å². The van der Waals surface area contributed by atoms with E-state index in [0.29, 0.717) is 23.8 Å². The Labute approximate surface area is 177 Å². The summed E-state index contributed by atoms with van der Waals surface area (Å²) in [6.45, 7) is 2.71. The van der Waals surface area contributed by atoms with E-state index in [1.807, 2.05) is 18.2 Å². The van der Waals surface area contributed by atoms with Crippen LogP contribution in [0, 0.1) is 5.92 Å². The number of anilines is 1. The maximum Gasteiger partial charge on any atom is 0.254 e. The summed E-state index contributed by atoms with van der Waals surface area (Å²) < 4.78 is 15.9. The number of hydrogen-bond donors (Lipinski definition) is 2. The Balaban J connectivity index is 0.00000196. The first kappa shape index (κ1) is 23.9. The van der Waals surface area contributed by atoms with E-state index in [4.69, 9.17) is 19.6 Å². The Morgan fingerprint density at radius 2 is 1.89 bits per heavy atom. The summed E-state index contributed by atoms with van der Waals surface area (Å²) in [6.07, 6.45) is 2.46. The molecule has 0 bridgehead atoms. The van der Waals surface area contributed by atoms with Crippen molar-refractivity contribution in [1.82, 2.24) is 5.32 Å². The van der Waals surface area contributed by atoms with Crippen LogP contribution in [0.4, 0.5) is 5.69 Å². The van der Waals surface area contributed by atoms with Crippen molar-refractivity contribution in [2.45, 2.75) is 13.0 Å². The second-order valence-corrected chi connectivity index (χ2v) is 6.39. The van der Waals surface area contributed by atoms with Crippen molar-refractivity contribution >= 4 is 36.4 Å². The molecule has 9 heteroatoms. The lowest BCUT2D eigenvalue weighted by molar-refractivity contribution is 0.0947. The number of benzene rings is 1. The predicted molar refractivity (Wildman–Crippen MR) is 113 cm³/mol. The number of furan rings is 1. The number of nitrogens with two attached hydrogens (primary N) is 1. The Kier molecular flexibility index (Phi) is 9.45. The van der Waals surface area contributed by atoms with E-state index < -0.39 is 0 Å². The molecule has 1 aromatic heterocycles. The smallest absolute Gasteiger partial charge is 0.254 e. The minimum absolute atomic E-state index is 0. The Morgan fingerprint density at radius 1 is 1.21 bits per heavy atom. The van der Waals surface area contributed by atoms with E-state index in [-0.39, 0.29) is 37.3 Å². The number of nitrogens with zero attached hydrogens (tertiary/aromatic N) is 1. The third-order valence-corrected chi connectivity index (χ3v) is 4.66. The van der Waals surface area contributed by atoms with Crippen LogP contribution in [-0.2, 0) is 6.54 Å². The SMILES string of the molecule is COc1cc(OC)cc(N2CCC(CNC(=O)c3coc(CN)c3)C2)c1.Cl.Cl. The van der Waals surface area contributed by atoms with Gasteiger partial charge in [-0.25, -0.2) is 0 Å². The highest BCUT2D eigenvalue weighted by Crippen LogP contribution is 2.31. The van der Waals surface area contributed by atoms with Crippen LogP contribution in [0.15, 0.2) is 34.9 Å². The van der Waals surface area contributed by atoms with Gasteiger partial charge in [0.25, 0.3) is 5.91 Å². The molecule has 0 saturated carbocycles. The van der Waals surface area contributed by atoms with Gasteiger partial charge in [0, 0.05) is 43.5 Å². The molecular formula is C19H27Cl2N3O4. The summed E-state index contributed by atoms with van der Waals surface area (Å²) in [4.78, 5) is 14.5. The number of carbonyl (C=O) groups excluding carboxylic acids is 1. The number of nitrogens with one attached hydrogen (secondary N) is 1. The molecule has 3 N–H and O–H groups in total. The molecule has 1 fully saturated rings. The summed E-state index contributed by atoms with van der Waals surface area (Å²) in [5.41, 5.74) is 7.08. The average Bonchev–Trinajstić information content (AvgIpc) is 3.35. The zero-order chi connectivity index (χ0) is 18.5. The van der Waals surface area contributed by atoms with E-state index in [0.717, 1.165) is 36.7 Å². The highest BCUT2D eigenvalue weighted by Gasteiger charge is 2.24. The fraction of sp³-hybridized carbons (Fsp3) is 0.421. The standard InChI is InChI=1S/C19H25N3O4.2ClH/c1-24-16-6-15(7-17(8-16)25-2)22-4-3-13(11-22)10-21-19(23)14-5-18(9-20)26-12-14;;/h5-8,12-13H,3-4,9-11,20H2,1-2H3,(H,21,23);2*1H. The van der Waals surface area contributed by atoms with E-state index in [9.17, 15) is 4.79 Å². The Hall–Kier alpha value is -2.09. The number of halogens is 2. The topological polar surface area (TPSA) is 90.0 Å². The molecule has 1 aromatic carbocycles. The molecule has 0 aliphatic carbocycles. The van der Waals surface area contributed by atoms with Crippen LogP contribution in [0.3, 0.4) is 0 Å². The summed E-state index contributed by atoms with van der Waals surface area (Å²) in [7, 11) is 3.29. The average molecular weight is 432 g/mol. The van der Waals surface area contributed by atoms with Gasteiger partial charge < -0.3 is 29.8 Å². The number of methoxy groups -OCH3 is 2. The molecule has 1 atom stereocenters. The maximum absolute atomic E-state index is 12.2. The number of rotatable bonds is 7. The summed E-state index contributed by atoms with van der Waals surface area (Å²) in [5.74, 6) is 2.40. The molecule has 1 saturated heterocycles. The molecule has 2 aromatic rings. The van der Waals surface area contributed by atoms with Crippen LogP contribution in [-0.4, -0.2) is 39.8 Å². The molecule has 28 heavy (non-hydrogen) atoms. The molecule has 1 unspecified atom stereocenters. The Bertz CT molecular complexity index is 747. The van der Waals surface area contributed by atoms with Crippen LogP contribution in [0.1, 0.15) is 22.5 Å². The van der Waals surface area contributed by atoms with Gasteiger partial charge in [-0.05, 0) is 18.4 Å². The van der Waals surface area contributed by atoms with Gasteiger partial charge in [-0.15, -0.1) is 24.8 Å². The second-order valence-electron chi connectivity index (χ2n) is 6.39. The van der Waals surface area contributed by atoms with Gasteiger partial charge in [0.2, 0.25) is 0 Å². The van der Waals surface area contributed by atoms with Gasteiger partial charge in [0.05, 0.1) is 26.3 Å². The molecule has 1 aliphatic rings. The molecule has 0 spiro atoms. The largest absolute Gasteiger partial charge is 0.497 e. The molecular weight excluding hydrogens is 405 g/mol. The zero-order valence-electron chi connectivity index (χ0n) is 16.0. The van der Waals surface area contributed by atoms with Gasteiger partial charge >= 0.3 is 0 Å². The number of carbonyl (C=O) groups is 1. The van der Waals surface area contributed by atoms with Crippen molar-refractivity contribution in [3.05, 3.63) is 41.9 Å². The fourth-order valence-corrected chi connectivity index (χ4v) is 3.15. The maximum atomic E-state index is 12.2. The first-order valence-corrected chi connectivity index (χ1v) is 8.66. The first-order valence-electron chi connectivity index (χ1n) is 8.66. The zero-order valence-corrected chi connectivity index (χ0v) is 17.6. The van der Waals surface area contributed by atoms with Crippen molar-refractivity contribution in [3.8, 4) is 11.5 Å². The fourth-order valence-electron chi connectivity index (χ4n) is 3.15. The summed E-state index contributed by atoms with van der Waals surface area (Å²) in [6, 6.07) is 7.54. The van der Waals surface area contributed by atoms with Crippen molar-refractivity contribution in [2.24, 2.45) is 11.7 Å².